The average Bonchev–Trinajstić information content (AvgIpc) is 2.71. The molecule has 0 aliphatic carbocycles. The van der Waals surface area contributed by atoms with Gasteiger partial charge in [-0.1, -0.05) is 0 Å². The Bertz CT molecular complexity index is 470. The van der Waals surface area contributed by atoms with E-state index in [1.807, 2.05) is 10.6 Å². The van der Waals surface area contributed by atoms with E-state index in [1.54, 1.807) is 12.5 Å². The van der Waals surface area contributed by atoms with Crippen molar-refractivity contribution in [2.75, 3.05) is 0 Å². The molecule has 1 aliphatic rings. The number of rotatable bonds is 0. The van der Waals surface area contributed by atoms with Gasteiger partial charge >= 0.3 is 0 Å². The highest BCUT2D eigenvalue weighted by Gasteiger charge is 2.13. The molecule has 0 fully saturated rings. The molecule has 0 saturated carbocycles. The fourth-order valence-electron chi connectivity index (χ4n) is 1.22. The number of fused-ring (bicyclic) bond motifs is 3. The lowest BCUT2D eigenvalue weighted by molar-refractivity contribution is 1.06. The molecule has 3 rings (SSSR count). The predicted octanol–water partition coefficient (Wildman–Crippen LogP) is 0.639. The summed E-state index contributed by atoms with van der Waals surface area (Å²) in [5.74, 6) is 0.647. The SMILES string of the molecule is C1=Nc2c(ncn3ccnc23)[N]1. The highest BCUT2D eigenvalue weighted by molar-refractivity contribution is 5.86. The van der Waals surface area contributed by atoms with Crippen molar-refractivity contribution < 1.29 is 0 Å². The molecule has 1 aliphatic heterocycles. The second-order valence-corrected chi connectivity index (χ2v) is 2.45. The maximum absolute atomic E-state index is 4.14. The van der Waals surface area contributed by atoms with Crippen LogP contribution in [0.4, 0.5) is 11.5 Å². The molecule has 3 heterocycles. The number of aliphatic imine (C=N–C) groups is 1. The van der Waals surface area contributed by atoms with Crippen LogP contribution in [-0.2, 0) is 0 Å². The molecule has 0 amide bonds. The molecular weight excluding hydrogens is 154 g/mol. The van der Waals surface area contributed by atoms with E-state index in [1.165, 1.54) is 6.34 Å². The van der Waals surface area contributed by atoms with E-state index in [-0.39, 0.29) is 0 Å². The van der Waals surface area contributed by atoms with Gasteiger partial charge < -0.3 is 0 Å². The lowest BCUT2D eigenvalue weighted by Crippen LogP contribution is -1.91. The maximum atomic E-state index is 4.14. The van der Waals surface area contributed by atoms with Gasteiger partial charge in [-0.25, -0.2) is 20.3 Å². The van der Waals surface area contributed by atoms with E-state index in [4.69, 9.17) is 0 Å². The van der Waals surface area contributed by atoms with Crippen molar-refractivity contribution in [1.29, 1.82) is 0 Å². The Morgan fingerprint density at radius 2 is 2.25 bits per heavy atom. The fourth-order valence-corrected chi connectivity index (χ4v) is 1.22. The molecule has 0 N–H and O–H groups in total. The van der Waals surface area contributed by atoms with Crippen LogP contribution in [0.15, 0.2) is 23.7 Å². The molecule has 57 valence electrons. The molecule has 2 aromatic heterocycles. The minimum absolute atomic E-state index is 0.647. The van der Waals surface area contributed by atoms with E-state index in [9.17, 15) is 0 Å². The summed E-state index contributed by atoms with van der Waals surface area (Å²) in [4.78, 5) is 12.3. The van der Waals surface area contributed by atoms with Crippen LogP contribution in [0.1, 0.15) is 0 Å². The van der Waals surface area contributed by atoms with Gasteiger partial charge in [-0.3, -0.25) is 4.40 Å². The quantitative estimate of drug-likeness (QED) is 0.564. The summed E-state index contributed by atoms with van der Waals surface area (Å²) >= 11 is 0. The summed E-state index contributed by atoms with van der Waals surface area (Å²) in [5.41, 5.74) is 1.56. The zero-order valence-corrected chi connectivity index (χ0v) is 6.05. The zero-order valence-electron chi connectivity index (χ0n) is 6.05. The smallest absolute Gasteiger partial charge is 0.185 e. The molecule has 12 heavy (non-hydrogen) atoms. The van der Waals surface area contributed by atoms with E-state index in [0.717, 1.165) is 11.3 Å². The summed E-state index contributed by atoms with van der Waals surface area (Å²) in [6, 6.07) is 0. The van der Waals surface area contributed by atoms with E-state index >= 15 is 0 Å². The highest BCUT2D eigenvalue weighted by Crippen LogP contribution is 2.29. The Hall–Kier alpha value is -1.91. The van der Waals surface area contributed by atoms with Gasteiger partial charge in [-0.2, -0.15) is 0 Å². The molecule has 0 spiro atoms. The Balaban J connectivity index is 2.52. The first kappa shape index (κ1) is 5.70. The van der Waals surface area contributed by atoms with Gasteiger partial charge in [0.05, 0.1) is 0 Å². The minimum atomic E-state index is 0.647. The average molecular weight is 158 g/mol. The van der Waals surface area contributed by atoms with Crippen LogP contribution < -0.4 is 5.32 Å². The Morgan fingerprint density at radius 1 is 1.25 bits per heavy atom. The van der Waals surface area contributed by atoms with E-state index < -0.39 is 0 Å². The van der Waals surface area contributed by atoms with Crippen LogP contribution >= 0.6 is 0 Å². The topological polar surface area (TPSA) is 56.6 Å². The summed E-state index contributed by atoms with van der Waals surface area (Å²) in [7, 11) is 0. The summed E-state index contributed by atoms with van der Waals surface area (Å²) in [6.45, 7) is 0. The summed E-state index contributed by atoms with van der Waals surface area (Å²) in [5, 5.41) is 3.97. The molecule has 5 nitrogen and oxygen atoms in total. The Kier molecular flexibility index (Phi) is 0.864. The number of nitrogens with zero attached hydrogens (tertiary/aromatic N) is 5. The van der Waals surface area contributed by atoms with Crippen LogP contribution in [0.5, 0.6) is 0 Å². The number of aromatic nitrogens is 3. The van der Waals surface area contributed by atoms with Gasteiger partial charge in [-0.15, -0.1) is 0 Å². The first-order valence-corrected chi connectivity index (χ1v) is 3.50. The third-order valence-corrected chi connectivity index (χ3v) is 1.76. The summed E-state index contributed by atoms with van der Waals surface area (Å²) < 4.78 is 1.82. The van der Waals surface area contributed by atoms with Crippen molar-refractivity contribution in [1.82, 2.24) is 19.7 Å². The molecule has 2 aromatic rings. The first-order chi connectivity index (χ1) is 5.95. The second kappa shape index (κ2) is 1.82. The van der Waals surface area contributed by atoms with Gasteiger partial charge in [0, 0.05) is 12.4 Å². The molecule has 0 saturated heterocycles. The Labute approximate surface area is 67.8 Å². The van der Waals surface area contributed by atoms with Crippen molar-refractivity contribution in [2.24, 2.45) is 4.99 Å². The fraction of sp³-hybridized carbons (Fsp3) is 0. The standard InChI is InChI=1S/C7H4N5/c1-2-12-4-11-6-5(7(12)8-1)9-3-10-6/h1-4H. The number of hydrogen-bond donors (Lipinski definition) is 0. The van der Waals surface area contributed by atoms with Crippen LogP contribution in [0.2, 0.25) is 0 Å². The normalized spacial score (nSPS) is 13.3. The number of imidazole rings is 1. The van der Waals surface area contributed by atoms with Gasteiger partial charge in [0.25, 0.3) is 0 Å². The third-order valence-electron chi connectivity index (χ3n) is 1.76. The lowest BCUT2D eigenvalue weighted by Gasteiger charge is -1.96. The molecule has 1 radical (unpaired) electrons. The predicted molar refractivity (Wildman–Crippen MR) is 42.9 cm³/mol. The van der Waals surface area contributed by atoms with Gasteiger partial charge in [-0.05, 0) is 0 Å². The third kappa shape index (κ3) is 0.554. The molecule has 0 atom stereocenters. The van der Waals surface area contributed by atoms with Crippen molar-refractivity contribution in [3.63, 3.8) is 0 Å². The molecule has 0 bridgehead atoms. The Morgan fingerprint density at radius 3 is 3.25 bits per heavy atom. The molecule has 5 heteroatoms. The van der Waals surface area contributed by atoms with E-state index in [2.05, 4.69) is 20.3 Å². The van der Waals surface area contributed by atoms with Crippen molar-refractivity contribution in [3.05, 3.63) is 18.7 Å². The van der Waals surface area contributed by atoms with Crippen molar-refractivity contribution in [2.45, 2.75) is 0 Å². The second-order valence-electron chi connectivity index (χ2n) is 2.45. The van der Waals surface area contributed by atoms with Crippen LogP contribution in [0.25, 0.3) is 5.65 Å². The largest absolute Gasteiger partial charge is 0.289 e. The zero-order chi connectivity index (χ0) is 7.97. The van der Waals surface area contributed by atoms with Crippen LogP contribution in [-0.4, -0.2) is 20.7 Å². The van der Waals surface area contributed by atoms with Crippen LogP contribution in [0, 0.1) is 0 Å². The summed E-state index contributed by atoms with van der Waals surface area (Å²) in [6.07, 6.45) is 6.72. The molecular formula is C7H4N5. The van der Waals surface area contributed by atoms with Crippen molar-refractivity contribution in [3.8, 4) is 0 Å². The lowest BCUT2D eigenvalue weighted by atomic mass is 10.5. The maximum Gasteiger partial charge on any atom is 0.185 e. The first-order valence-electron chi connectivity index (χ1n) is 3.50. The monoisotopic (exact) mass is 158 g/mol. The highest BCUT2D eigenvalue weighted by atomic mass is 15.2. The molecule has 0 unspecified atom stereocenters. The van der Waals surface area contributed by atoms with Gasteiger partial charge in [0.15, 0.2) is 17.2 Å². The van der Waals surface area contributed by atoms with Gasteiger partial charge in [0.2, 0.25) is 0 Å². The number of hydrogen-bond acceptors (Lipinski definition) is 3. The molecule has 0 aromatic carbocycles. The van der Waals surface area contributed by atoms with Gasteiger partial charge in [0.1, 0.15) is 12.7 Å². The van der Waals surface area contributed by atoms with Crippen molar-refractivity contribution >= 4 is 23.5 Å². The van der Waals surface area contributed by atoms with Crippen LogP contribution in [0.3, 0.4) is 0 Å². The van der Waals surface area contributed by atoms with E-state index in [0.29, 0.717) is 5.82 Å². The minimum Gasteiger partial charge on any atom is -0.289 e.